The molecule has 2 heterocycles. The van der Waals surface area contributed by atoms with Crippen molar-refractivity contribution in [1.29, 1.82) is 0 Å². The van der Waals surface area contributed by atoms with Gasteiger partial charge in [0, 0.05) is 17.5 Å². The summed E-state index contributed by atoms with van der Waals surface area (Å²) < 4.78 is 2.16. The molecule has 1 N–H and O–H groups in total. The fourth-order valence-corrected chi connectivity index (χ4v) is 4.24. The number of nitrogens with one attached hydrogen (secondary N) is 1. The Morgan fingerprint density at radius 1 is 1.03 bits per heavy atom. The lowest BCUT2D eigenvalue weighted by Crippen LogP contribution is -2.15. The molecular weight excluding hydrogens is 394 g/mol. The van der Waals surface area contributed by atoms with E-state index in [0.29, 0.717) is 5.92 Å². The van der Waals surface area contributed by atoms with Crippen LogP contribution in [-0.4, -0.2) is 31.4 Å². The zero-order chi connectivity index (χ0) is 20.3. The van der Waals surface area contributed by atoms with E-state index in [1.807, 2.05) is 48.5 Å². The lowest BCUT2D eigenvalue weighted by atomic mass is 10.2. The van der Waals surface area contributed by atoms with Gasteiger partial charge in [0.2, 0.25) is 5.91 Å². The van der Waals surface area contributed by atoms with E-state index in [-0.39, 0.29) is 11.7 Å². The van der Waals surface area contributed by atoms with Crippen LogP contribution in [0.2, 0.25) is 0 Å². The van der Waals surface area contributed by atoms with Crippen LogP contribution in [0.25, 0.3) is 10.9 Å². The van der Waals surface area contributed by atoms with Gasteiger partial charge >= 0.3 is 0 Å². The van der Waals surface area contributed by atoms with Gasteiger partial charge in [-0.2, -0.15) is 0 Å². The third-order valence-electron chi connectivity index (χ3n) is 5.12. The maximum Gasteiger partial charge on any atom is 0.234 e. The second-order valence-corrected chi connectivity index (χ2v) is 8.34. The van der Waals surface area contributed by atoms with E-state index in [9.17, 15) is 4.79 Å². The van der Waals surface area contributed by atoms with E-state index in [1.54, 1.807) is 6.20 Å². The molecule has 2 aromatic carbocycles. The largest absolute Gasteiger partial charge is 0.325 e. The topological polar surface area (TPSA) is 72.7 Å². The highest BCUT2D eigenvalue weighted by molar-refractivity contribution is 7.99. The van der Waals surface area contributed by atoms with Gasteiger partial charge in [0.15, 0.2) is 5.16 Å². The monoisotopic (exact) mass is 415 g/mol. The quantitative estimate of drug-likeness (QED) is 0.451. The van der Waals surface area contributed by atoms with Gasteiger partial charge in [-0.1, -0.05) is 48.2 Å². The van der Waals surface area contributed by atoms with Crippen molar-refractivity contribution in [1.82, 2.24) is 19.7 Å². The van der Waals surface area contributed by atoms with Crippen LogP contribution in [0.4, 0.5) is 5.69 Å². The van der Waals surface area contributed by atoms with Gasteiger partial charge in [-0.05, 0) is 42.7 Å². The molecule has 4 aromatic rings. The molecule has 0 atom stereocenters. The minimum absolute atomic E-state index is 0.0708. The molecule has 0 radical (unpaired) electrons. The molecule has 0 aliphatic heterocycles. The Labute approximate surface area is 178 Å². The first-order valence-electron chi connectivity index (χ1n) is 10.0. The third kappa shape index (κ3) is 4.07. The van der Waals surface area contributed by atoms with Crippen molar-refractivity contribution in [3.05, 3.63) is 78.2 Å². The predicted octanol–water partition coefficient (Wildman–Crippen LogP) is 4.48. The van der Waals surface area contributed by atoms with Gasteiger partial charge < -0.3 is 9.88 Å². The minimum Gasteiger partial charge on any atom is -0.325 e. The third-order valence-corrected chi connectivity index (χ3v) is 6.09. The summed E-state index contributed by atoms with van der Waals surface area (Å²) in [7, 11) is 0. The second kappa shape index (κ2) is 8.28. The molecule has 0 spiro atoms. The van der Waals surface area contributed by atoms with Crippen LogP contribution >= 0.6 is 11.8 Å². The number of fused-ring (bicyclic) bond motifs is 1. The summed E-state index contributed by atoms with van der Waals surface area (Å²) >= 11 is 1.43. The maximum atomic E-state index is 12.6. The smallest absolute Gasteiger partial charge is 0.234 e. The number of hydrogen-bond donors (Lipinski definition) is 1. The average Bonchev–Trinajstić information content (AvgIpc) is 3.55. The molecule has 1 amide bonds. The number of amides is 1. The van der Waals surface area contributed by atoms with Crippen molar-refractivity contribution in [2.24, 2.45) is 0 Å². The summed E-state index contributed by atoms with van der Waals surface area (Å²) in [6.45, 7) is 0.721. The fraction of sp³-hybridized carbons (Fsp3) is 0.217. The summed E-state index contributed by atoms with van der Waals surface area (Å²) in [4.78, 5) is 17.0. The standard InChI is InChI=1S/C23H21N5OS/c29-21(25-20-10-4-9-19-18(20)8-5-13-24-19)15-30-23-27-26-22(17-11-12-17)28(23)14-16-6-2-1-3-7-16/h1-10,13,17H,11-12,14-15H2,(H,25,29). The van der Waals surface area contributed by atoms with E-state index in [4.69, 9.17) is 0 Å². The van der Waals surface area contributed by atoms with Gasteiger partial charge in [0.05, 0.1) is 23.5 Å². The first-order valence-corrected chi connectivity index (χ1v) is 11.0. The van der Waals surface area contributed by atoms with Crippen LogP contribution in [0, 0.1) is 0 Å². The van der Waals surface area contributed by atoms with Crippen LogP contribution in [0.1, 0.15) is 30.1 Å². The van der Waals surface area contributed by atoms with Crippen molar-refractivity contribution in [2.45, 2.75) is 30.5 Å². The van der Waals surface area contributed by atoms with E-state index in [2.05, 4.69) is 37.2 Å². The number of nitrogens with zero attached hydrogens (tertiary/aromatic N) is 4. The maximum absolute atomic E-state index is 12.6. The Morgan fingerprint density at radius 2 is 1.90 bits per heavy atom. The molecule has 0 bridgehead atoms. The number of anilines is 1. The summed E-state index contributed by atoms with van der Waals surface area (Å²) in [5, 5.41) is 13.5. The SMILES string of the molecule is O=C(CSc1nnc(C2CC2)n1Cc1ccccc1)Nc1cccc2ncccc12. The van der Waals surface area contributed by atoms with Crippen LogP contribution in [-0.2, 0) is 11.3 Å². The zero-order valence-electron chi connectivity index (χ0n) is 16.4. The van der Waals surface area contributed by atoms with Crippen molar-refractivity contribution >= 4 is 34.3 Å². The van der Waals surface area contributed by atoms with Gasteiger partial charge in [0.1, 0.15) is 5.82 Å². The summed E-state index contributed by atoms with van der Waals surface area (Å²) in [6, 6.07) is 19.9. The Kier molecular flexibility index (Phi) is 5.19. The average molecular weight is 416 g/mol. The first kappa shape index (κ1) is 18.8. The first-order chi connectivity index (χ1) is 14.8. The van der Waals surface area contributed by atoms with Crippen molar-refractivity contribution in [3.63, 3.8) is 0 Å². The zero-order valence-corrected chi connectivity index (χ0v) is 17.2. The van der Waals surface area contributed by atoms with Gasteiger partial charge in [-0.3, -0.25) is 9.78 Å². The van der Waals surface area contributed by atoms with Crippen molar-refractivity contribution < 1.29 is 4.79 Å². The summed E-state index contributed by atoms with van der Waals surface area (Å²) in [5.41, 5.74) is 2.84. The molecular formula is C23H21N5OS. The van der Waals surface area contributed by atoms with Crippen LogP contribution in [0.15, 0.2) is 72.0 Å². The molecule has 150 valence electrons. The number of thioether (sulfide) groups is 1. The molecule has 0 unspecified atom stereocenters. The molecule has 30 heavy (non-hydrogen) atoms. The highest BCUT2D eigenvalue weighted by Gasteiger charge is 2.30. The molecule has 1 saturated carbocycles. The van der Waals surface area contributed by atoms with Crippen molar-refractivity contribution in [2.75, 3.05) is 11.1 Å². The number of carbonyl (C=O) groups excluding carboxylic acids is 1. The Balaban J connectivity index is 1.30. The number of aromatic nitrogens is 4. The summed E-state index contributed by atoms with van der Waals surface area (Å²) in [6.07, 6.45) is 4.07. The van der Waals surface area contributed by atoms with Crippen LogP contribution in [0.3, 0.4) is 0 Å². The number of pyridine rings is 1. The summed E-state index contributed by atoms with van der Waals surface area (Å²) in [5.74, 6) is 1.72. The second-order valence-electron chi connectivity index (χ2n) is 7.40. The normalized spacial score (nSPS) is 13.5. The molecule has 1 fully saturated rings. The van der Waals surface area contributed by atoms with E-state index in [0.717, 1.165) is 47.0 Å². The fourth-order valence-electron chi connectivity index (χ4n) is 3.49. The molecule has 6 nitrogen and oxygen atoms in total. The Morgan fingerprint density at radius 3 is 2.73 bits per heavy atom. The number of carbonyl (C=O) groups is 1. The van der Waals surface area contributed by atoms with Crippen molar-refractivity contribution in [3.8, 4) is 0 Å². The van der Waals surface area contributed by atoms with E-state index >= 15 is 0 Å². The van der Waals surface area contributed by atoms with E-state index in [1.165, 1.54) is 17.3 Å². The van der Waals surface area contributed by atoms with Gasteiger partial charge in [-0.15, -0.1) is 10.2 Å². The van der Waals surface area contributed by atoms with Crippen LogP contribution < -0.4 is 5.32 Å². The highest BCUT2D eigenvalue weighted by atomic mass is 32.2. The molecule has 5 rings (SSSR count). The molecule has 1 aliphatic carbocycles. The van der Waals surface area contributed by atoms with Crippen LogP contribution in [0.5, 0.6) is 0 Å². The molecule has 0 saturated heterocycles. The Hall–Kier alpha value is -3.19. The lowest BCUT2D eigenvalue weighted by Gasteiger charge is -2.11. The van der Waals surface area contributed by atoms with E-state index < -0.39 is 0 Å². The Bertz CT molecular complexity index is 1180. The highest BCUT2D eigenvalue weighted by Crippen LogP contribution is 2.40. The number of hydrogen-bond acceptors (Lipinski definition) is 5. The number of benzene rings is 2. The minimum atomic E-state index is -0.0708. The predicted molar refractivity (Wildman–Crippen MR) is 119 cm³/mol. The lowest BCUT2D eigenvalue weighted by molar-refractivity contribution is -0.113. The molecule has 1 aliphatic rings. The molecule has 7 heteroatoms. The van der Waals surface area contributed by atoms with Gasteiger partial charge in [0.25, 0.3) is 0 Å². The van der Waals surface area contributed by atoms with Gasteiger partial charge in [-0.25, -0.2) is 0 Å². The number of rotatable bonds is 7. The molecule has 2 aromatic heterocycles.